The number of anilines is 1. The number of aromatic nitrogens is 1. The van der Waals surface area contributed by atoms with Crippen molar-refractivity contribution in [3.05, 3.63) is 53.2 Å². The van der Waals surface area contributed by atoms with E-state index < -0.39 is 23.5 Å². The molecule has 4 nitrogen and oxygen atoms in total. The van der Waals surface area contributed by atoms with Crippen molar-refractivity contribution in [1.29, 1.82) is 5.26 Å². The summed E-state index contributed by atoms with van der Waals surface area (Å²) in [7, 11) is 0. The molecule has 1 aromatic heterocycles. The zero-order valence-corrected chi connectivity index (χ0v) is 16.0. The standard InChI is InChI=1S/C21H17F6N3O/c22-20(23,24)13-1-5-18(12(7-13)10-28)31-17-8-15-3-4-16(9-17)30(15)19-6-2-14(11-29-19)21(25,26)27/h1-2,5-7,11,15-17H,3-4,8-9H2/t15-,16+,17?. The van der Waals surface area contributed by atoms with Crippen molar-refractivity contribution < 1.29 is 31.1 Å². The summed E-state index contributed by atoms with van der Waals surface area (Å²) in [6, 6.07) is 6.91. The number of hydrogen-bond donors (Lipinski definition) is 0. The molecule has 2 saturated heterocycles. The number of nitriles is 1. The highest BCUT2D eigenvalue weighted by atomic mass is 19.4. The van der Waals surface area contributed by atoms with E-state index >= 15 is 0 Å². The molecule has 1 unspecified atom stereocenters. The van der Waals surface area contributed by atoms with Crippen molar-refractivity contribution in [3.63, 3.8) is 0 Å². The molecule has 10 heteroatoms. The van der Waals surface area contributed by atoms with Crippen LogP contribution >= 0.6 is 0 Å². The maximum absolute atomic E-state index is 12.9. The minimum atomic E-state index is -4.55. The fraction of sp³-hybridized carbons (Fsp3) is 0.429. The van der Waals surface area contributed by atoms with Crippen molar-refractivity contribution in [2.45, 2.75) is 56.2 Å². The average Bonchev–Trinajstić information content (AvgIpc) is 2.97. The van der Waals surface area contributed by atoms with Crippen LogP contribution in [0.15, 0.2) is 36.5 Å². The Labute approximate surface area is 174 Å². The molecule has 0 aliphatic carbocycles. The Bertz CT molecular complexity index is 982. The Hall–Kier alpha value is -2.96. The lowest BCUT2D eigenvalue weighted by atomic mass is 9.99. The predicted octanol–water partition coefficient (Wildman–Crippen LogP) is 5.57. The molecule has 0 spiro atoms. The van der Waals surface area contributed by atoms with Gasteiger partial charge in [0, 0.05) is 31.1 Å². The topological polar surface area (TPSA) is 49.1 Å². The summed E-state index contributed by atoms with van der Waals surface area (Å²) in [6.07, 6.45) is -5.81. The van der Waals surface area contributed by atoms with Gasteiger partial charge in [0.15, 0.2) is 0 Å². The Kier molecular flexibility index (Phi) is 5.23. The van der Waals surface area contributed by atoms with E-state index in [4.69, 9.17) is 4.74 Å². The van der Waals surface area contributed by atoms with Crippen LogP contribution in [0.5, 0.6) is 5.75 Å². The van der Waals surface area contributed by atoms with Gasteiger partial charge < -0.3 is 9.64 Å². The van der Waals surface area contributed by atoms with Gasteiger partial charge in [-0.1, -0.05) is 0 Å². The van der Waals surface area contributed by atoms with Crippen LogP contribution in [-0.4, -0.2) is 23.2 Å². The molecule has 0 radical (unpaired) electrons. The van der Waals surface area contributed by atoms with E-state index in [1.54, 1.807) is 6.07 Å². The molecule has 0 N–H and O–H groups in total. The highest BCUT2D eigenvalue weighted by molar-refractivity contribution is 5.47. The van der Waals surface area contributed by atoms with Gasteiger partial charge >= 0.3 is 12.4 Å². The van der Waals surface area contributed by atoms with Gasteiger partial charge in [0.2, 0.25) is 0 Å². The van der Waals surface area contributed by atoms with Gasteiger partial charge in [0.05, 0.1) is 16.7 Å². The molecular weight excluding hydrogens is 424 g/mol. The molecule has 1 aromatic carbocycles. The zero-order chi connectivity index (χ0) is 22.4. The Morgan fingerprint density at radius 1 is 0.935 bits per heavy atom. The summed E-state index contributed by atoms with van der Waals surface area (Å²) >= 11 is 0. The molecule has 4 rings (SSSR count). The summed E-state index contributed by atoms with van der Waals surface area (Å²) in [5.74, 6) is 0.562. The highest BCUT2D eigenvalue weighted by Crippen LogP contribution is 2.41. The van der Waals surface area contributed by atoms with E-state index in [-0.39, 0.29) is 29.5 Å². The van der Waals surface area contributed by atoms with E-state index in [1.807, 2.05) is 4.90 Å². The lowest BCUT2D eigenvalue weighted by Crippen LogP contribution is -2.46. The number of alkyl halides is 6. The third-order valence-corrected chi connectivity index (χ3v) is 5.75. The predicted molar refractivity (Wildman–Crippen MR) is 98.3 cm³/mol. The lowest BCUT2D eigenvalue weighted by Gasteiger charge is -2.39. The summed E-state index contributed by atoms with van der Waals surface area (Å²) in [5.41, 5.74) is -1.91. The van der Waals surface area contributed by atoms with Crippen molar-refractivity contribution in [2.24, 2.45) is 0 Å². The number of benzene rings is 1. The van der Waals surface area contributed by atoms with Gasteiger partial charge in [-0.2, -0.15) is 31.6 Å². The maximum Gasteiger partial charge on any atom is 0.417 e. The molecule has 0 saturated carbocycles. The second-order valence-electron chi connectivity index (χ2n) is 7.73. The highest BCUT2D eigenvalue weighted by Gasteiger charge is 2.43. The van der Waals surface area contributed by atoms with Gasteiger partial charge in [-0.3, -0.25) is 0 Å². The maximum atomic E-state index is 12.9. The minimum Gasteiger partial charge on any atom is -0.489 e. The summed E-state index contributed by atoms with van der Waals surface area (Å²) in [5, 5.41) is 9.23. The molecule has 2 fully saturated rings. The SMILES string of the molecule is N#Cc1cc(C(F)(F)F)ccc1OC1C[C@H]2CC[C@@H](C1)N2c1ccc(C(F)(F)F)cn1. The normalized spacial score (nSPS) is 23.5. The summed E-state index contributed by atoms with van der Waals surface area (Å²) in [6.45, 7) is 0. The molecule has 3 heterocycles. The average molecular weight is 441 g/mol. The number of fused-ring (bicyclic) bond motifs is 2. The van der Waals surface area contributed by atoms with Crippen LogP contribution < -0.4 is 9.64 Å². The number of pyridine rings is 1. The number of hydrogen-bond acceptors (Lipinski definition) is 4. The van der Waals surface area contributed by atoms with Gasteiger partial charge in [-0.15, -0.1) is 0 Å². The Morgan fingerprint density at radius 2 is 1.55 bits per heavy atom. The molecule has 2 aliphatic rings. The minimum absolute atomic E-state index is 0.00651. The van der Waals surface area contributed by atoms with E-state index in [2.05, 4.69) is 4.98 Å². The molecule has 164 valence electrons. The molecule has 0 amide bonds. The van der Waals surface area contributed by atoms with E-state index in [0.717, 1.165) is 43.3 Å². The van der Waals surface area contributed by atoms with E-state index in [9.17, 15) is 31.6 Å². The smallest absolute Gasteiger partial charge is 0.417 e. The van der Waals surface area contributed by atoms with Gasteiger partial charge in [0.1, 0.15) is 23.7 Å². The third kappa shape index (κ3) is 4.27. The van der Waals surface area contributed by atoms with Gasteiger partial charge in [-0.25, -0.2) is 4.98 Å². The molecule has 3 atom stereocenters. The number of rotatable bonds is 3. The fourth-order valence-electron chi connectivity index (χ4n) is 4.38. The van der Waals surface area contributed by atoms with E-state index in [1.165, 1.54) is 6.07 Å². The number of ether oxygens (including phenoxy) is 1. The van der Waals surface area contributed by atoms with Crippen LogP contribution in [0.1, 0.15) is 42.4 Å². The fourth-order valence-corrected chi connectivity index (χ4v) is 4.38. The lowest BCUT2D eigenvalue weighted by molar-refractivity contribution is -0.138. The van der Waals surface area contributed by atoms with Gasteiger partial charge in [-0.05, 0) is 43.2 Å². The van der Waals surface area contributed by atoms with Crippen LogP contribution in [-0.2, 0) is 12.4 Å². The Balaban J connectivity index is 1.48. The molecule has 31 heavy (non-hydrogen) atoms. The quantitative estimate of drug-likeness (QED) is 0.585. The summed E-state index contributed by atoms with van der Waals surface area (Å²) < 4.78 is 82.9. The van der Waals surface area contributed by atoms with Crippen molar-refractivity contribution in [2.75, 3.05) is 4.90 Å². The van der Waals surface area contributed by atoms with E-state index in [0.29, 0.717) is 18.7 Å². The zero-order valence-electron chi connectivity index (χ0n) is 16.0. The van der Waals surface area contributed by atoms with Gasteiger partial charge in [0.25, 0.3) is 0 Å². The van der Waals surface area contributed by atoms with Crippen LogP contribution in [0, 0.1) is 11.3 Å². The second-order valence-corrected chi connectivity index (χ2v) is 7.73. The first-order valence-corrected chi connectivity index (χ1v) is 9.66. The van der Waals surface area contributed by atoms with Crippen LogP contribution in [0.25, 0.3) is 0 Å². The Morgan fingerprint density at radius 3 is 2.06 bits per heavy atom. The number of piperidine rings is 1. The molecule has 2 aliphatic heterocycles. The monoisotopic (exact) mass is 441 g/mol. The molecule has 2 bridgehead atoms. The first-order valence-electron chi connectivity index (χ1n) is 9.66. The largest absolute Gasteiger partial charge is 0.489 e. The number of nitrogens with zero attached hydrogens (tertiary/aromatic N) is 3. The van der Waals surface area contributed by atoms with Crippen LogP contribution in [0.2, 0.25) is 0 Å². The molecule has 2 aromatic rings. The van der Waals surface area contributed by atoms with Crippen molar-refractivity contribution >= 4 is 5.82 Å². The second kappa shape index (κ2) is 7.62. The van der Waals surface area contributed by atoms with Crippen molar-refractivity contribution in [1.82, 2.24) is 4.98 Å². The number of halogens is 6. The third-order valence-electron chi connectivity index (χ3n) is 5.75. The first kappa shape index (κ1) is 21.3. The summed E-state index contributed by atoms with van der Waals surface area (Å²) in [4.78, 5) is 5.99. The first-order chi connectivity index (χ1) is 14.6. The molecular formula is C21H17F6N3O. The van der Waals surface area contributed by atoms with Crippen molar-refractivity contribution in [3.8, 4) is 11.8 Å². The van der Waals surface area contributed by atoms with Crippen LogP contribution in [0.3, 0.4) is 0 Å². The van der Waals surface area contributed by atoms with Crippen LogP contribution in [0.4, 0.5) is 32.2 Å².